The molecule has 0 saturated heterocycles. The summed E-state index contributed by atoms with van der Waals surface area (Å²) in [6, 6.07) is 17.5. The van der Waals surface area contributed by atoms with Crippen molar-refractivity contribution in [3.63, 3.8) is 0 Å². The second-order valence-corrected chi connectivity index (χ2v) is 13.3. The minimum absolute atomic E-state index is 0.180. The molecule has 1 N–H and O–H groups in total. The van der Waals surface area contributed by atoms with Crippen molar-refractivity contribution < 1.29 is 23.8 Å². The van der Waals surface area contributed by atoms with Crippen LogP contribution in [0.1, 0.15) is 71.2 Å². The van der Waals surface area contributed by atoms with Crippen molar-refractivity contribution in [2.45, 2.75) is 43.6 Å². The highest BCUT2D eigenvalue weighted by atomic mass is 35.5. The Balaban J connectivity index is 1.18. The van der Waals surface area contributed by atoms with Gasteiger partial charge in [-0.3, -0.25) is 4.79 Å². The summed E-state index contributed by atoms with van der Waals surface area (Å²) in [6.07, 6.45) is 3.71. The lowest BCUT2D eigenvalue weighted by molar-refractivity contribution is 0.0981. The molecule has 2 saturated carbocycles. The van der Waals surface area contributed by atoms with Crippen molar-refractivity contribution >= 4 is 50.7 Å². The third-order valence-electron chi connectivity index (χ3n) is 7.26. The van der Waals surface area contributed by atoms with Crippen molar-refractivity contribution in [2.24, 2.45) is 0 Å². The SMILES string of the molecule is [2H]C(Oc1ccc(C2CC2c2ccc(C(=O)NS(C)(=O)=O)cc2)c(Cl)c1)c1c(-c2c(Cl)cccc2Cl)noc1C1CC1. The number of carbonyl (C=O) groups excluding carboxylic acids is 1. The van der Waals surface area contributed by atoms with Crippen LogP contribution < -0.4 is 9.46 Å². The van der Waals surface area contributed by atoms with Crippen LogP contribution in [0.3, 0.4) is 0 Å². The summed E-state index contributed by atoms with van der Waals surface area (Å²) in [5, 5.41) is 5.58. The highest BCUT2D eigenvalue weighted by Crippen LogP contribution is 2.56. The number of hydrogen-bond acceptors (Lipinski definition) is 6. The van der Waals surface area contributed by atoms with Gasteiger partial charge in [0.15, 0.2) is 0 Å². The average Bonchev–Trinajstić information content (AvgIpc) is 3.86. The van der Waals surface area contributed by atoms with Crippen molar-refractivity contribution in [3.8, 4) is 17.0 Å². The van der Waals surface area contributed by atoms with E-state index < -0.39 is 22.5 Å². The molecule has 2 aliphatic carbocycles. The quantitative estimate of drug-likeness (QED) is 0.203. The van der Waals surface area contributed by atoms with E-state index in [1.54, 1.807) is 42.5 Å². The first kappa shape index (κ1) is 26.8. The Kier molecular flexibility index (Phi) is 7.19. The summed E-state index contributed by atoms with van der Waals surface area (Å²) in [5.74, 6) is 0.958. The predicted molar refractivity (Wildman–Crippen MR) is 159 cm³/mol. The van der Waals surface area contributed by atoms with Crippen LogP contribution in [0.25, 0.3) is 11.3 Å². The molecule has 3 unspecified atom stereocenters. The molecule has 7 nitrogen and oxygen atoms in total. The maximum absolute atomic E-state index is 12.1. The van der Waals surface area contributed by atoms with E-state index in [9.17, 15) is 13.2 Å². The first-order valence-corrected chi connectivity index (χ1v) is 16.0. The Labute approximate surface area is 254 Å². The van der Waals surface area contributed by atoms with Crippen LogP contribution in [-0.2, 0) is 16.6 Å². The number of nitrogens with one attached hydrogen (secondary N) is 1. The van der Waals surface area contributed by atoms with Gasteiger partial charge in [0.2, 0.25) is 10.0 Å². The number of hydrogen-bond donors (Lipinski definition) is 1. The van der Waals surface area contributed by atoms with Gasteiger partial charge in [0.25, 0.3) is 5.91 Å². The number of halogens is 3. The minimum Gasteiger partial charge on any atom is -0.489 e. The molecule has 3 atom stereocenters. The second kappa shape index (κ2) is 11.0. The maximum atomic E-state index is 12.1. The van der Waals surface area contributed by atoms with Gasteiger partial charge >= 0.3 is 0 Å². The highest BCUT2D eigenvalue weighted by Gasteiger charge is 2.40. The van der Waals surface area contributed by atoms with E-state index in [4.69, 9.17) is 45.4 Å². The smallest absolute Gasteiger partial charge is 0.264 e. The molecule has 1 heterocycles. The van der Waals surface area contributed by atoms with Gasteiger partial charge in [-0.15, -0.1) is 0 Å². The van der Waals surface area contributed by atoms with Crippen LogP contribution >= 0.6 is 34.8 Å². The van der Waals surface area contributed by atoms with Crippen molar-refractivity contribution in [1.82, 2.24) is 9.88 Å². The molecule has 2 aliphatic rings. The molecule has 6 rings (SSSR count). The number of amides is 1. The normalized spacial score (nSPS) is 19.4. The molecular formula is C30H25Cl3N2O5S. The fourth-order valence-electron chi connectivity index (χ4n) is 4.99. The van der Waals surface area contributed by atoms with Crippen molar-refractivity contribution in [1.29, 1.82) is 0 Å². The monoisotopic (exact) mass is 631 g/mol. The van der Waals surface area contributed by atoms with Gasteiger partial charge in [-0.25, -0.2) is 13.1 Å². The van der Waals surface area contributed by atoms with Gasteiger partial charge in [0.05, 0.1) is 23.2 Å². The number of aromatic nitrogens is 1. The lowest BCUT2D eigenvalue weighted by Crippen LogP contribution is -2.29. The van der Waals surface area contributed by atoms with Gasteiger partial charge < -0.3 is 9.26 Å². The Morgan fingerprint density at radius 3 is 2.39 bits per heavy atom. The number of nitrogens with zero attached hydrogens (tertiary/aromatic N) is 1. The molecule has 212 valence electrons. The van der Waals surface area contributed by atoms with Crippen LogP contribution in [0.5, 0.6) is 5.75 Å². The Bertz CT molecular complexity index is 1770. The summed E-state index contributed by atoms with van der Waals surface area (Å²) in [6.45, 7) is -1.15. The van der Waals surface area contributed by atoms with E-state index in [1.165, 1.54) is 0 Å². The third kappa shape index (κ3) is 6.11. The Morgan fingerprint density at radius 2 is 1.76 bits per heavy atom. The van der Waals surface area contributed by atoms with Gasteiger partial charge in [-0.1, -0.05) is 64.2 Å². The highest BCUT2D eigenvalue weighted by molar-refractivity contribution is 7.89. The Hall–Kier alpha value is -3.04. The molecule has 11 heteroatoms. The molecule has 1 amide bonds. The van der Waals surface area contributed by atoms with Gasteiger partial charge in [-0.05, 0) is 78.6 Å². The molecule has 4 aromatic rings. The van der Waals surface area contributed by atoms with Crippen LogP contribution in [0.4, 0.5) is 0 Å². The fourth-order valence-corrected chi connectivity index (χ4v) is 6.33. The van der Waals surface area contributed by atoms with E-state index in [0.29, 0.717) is 43.4 Å². The van der Waals surface area contributed by atoms with Crippen LogP contribution in [0.15, 0.2) is 65.2 Å². The van der Waals surface area contributed by atoms with E-state index in [2.05, 4.69) is 5.16 Å². The van der Waals surface area contributed by atoms with E-state index >= 15 is 0 Å². The predicted octanol–water partition coefficient (Wildman–Crippen LogP) is 7.72. The lowest BCUT2D eigenvalue weighted by Gasteiger charge is -2.11. The van der Waals surface area contributed by atoms with E-state index in [1.807, 2.05) is 22.9 Å². The number of rotatable bonds is 9. The maximum Gasteiger partial charge on any atom is 0.264 e. The van der Waals surface area contributed by atoms with Crippen molar-refractivity contribution in [3.05, 3.63) is 104 Å². The molecule has 3 aromatic carbocycles. The number of carbonyl (C=O) groups is 1. The van der Waals surface area contributed by atoms with Gasteiger partial charge in [-0.2, -0.15) is 0 Å². The third-order valence-corrected chi connectivity index (χ3v) is 8.77. The van der Waals surface area contributed by atoms with Crippen LogP contribution in [0.2, 0.25) is 15.1 Å². The summed E-state index contributed by atoms with van der Waals surface area (Å²) in [5.41, 5.74) is 3.67. The molecule has 0 spiro atoms. The molecule has 41 heavy (non-hydrogen) atoms. The summed E-state index contributed by atoms with van der Waals surface area (Å²) < 4.78 is 45.3. The average molecular weight is 633 g/mol. The summed E-state index contributed by atoms with van der Waals surface area (Å²) in [4.78, 5) is 12.1. The molecule has 0 bridgehead atoms. The summed E-state index contributed by atoms with van der Waals surface area (Å²) in [7, 11) is -3.64. The summed E-state index contributed by atoms with van der Waals surface area (Å²) >= 11 is 19.6. The lowest BCUT2D eigenvalue weighted by atomic mass is 10.0. The molecule has 2 fully saturated rings. The van der Waals surface area contributed by atoms with E-state index in [-0.39, 0.29) is 23.3 Å². The zero-order chi connectivity index (χ0) is 29.8. The van der Waals surface area contributed by atoms with Crippen LogP contribution in [0, 0.1) is 0 Å². The first-order valence-electron chi connectivity index (χ1n) is 13.5. The van der Waals surface area contributed by atoms with E-state index in [0.717, 1.165) is 36.6 Å². The topological polar surface area (TPSA) is 98.5 Å². The molecule has 0 aliphatic heterocycles. The first-order chi connectivity index (χ1) is 20.0. The fraction of sp³-hybridized carbons (Fsp3) is 0.267. The zero-order valence-corrected chi connectivity index (χ0v) is 24.8. The second-order valence-electron chi connectivity index (χ2n) is 10.4. The van der Waals surface area contributed by atoms with Gasteiger partial charge in [0, 0.05) is 22.1 Å². The van der Waals surface area contributed by atoms with Crippen molar-refractivity contribution in [2.75, 3.05) is 6.26 Å². The van der Waals surface area contributed by atoms with Gasteiger partial charge in [0.1, 0.15) is 23.8 Å². The minimum atomic E-state index is -3.64. The number of benzene rings is 3. The zero-order valence-electron chi connectivity index (χ0n) is 22.7. The van der Waals surface area contributed by atoms with Crippen LogP contribution in [-0.4, -0.2) is 25.7 Å². The standard InChI is InChI=1S/C30H25Cl3N2O5S/c1-41(37,38)35-30(36)18-9-5-16(6-10-18)21-14-22(21)20-12-11-19(13-26(20)33)39-15-23-28(34-40-29(23)17-7-8-17)27-24(31)3-2-4-25(27)32/h2-6,9-13,17,21-22H,7-8,14-15H2,1H3,(H,35,36)/i15D. The molecule has 0 radical (unpaired) electrons. The Morgan fingerprint density at radius 1 is 1.05 bits per heavy atom. The number of ether oxygens (including phenoxy) is 1. The molecular weight excluding hydrogens is 607 g/mol. The number of sulfonamides is 1. The largest absolute Gasteiger partial charge is 0.489 e. The molecule has 1 aromatic heterocycles.